The first kappa shape index (κ1) is 44.2. The molecular formula is C74H57NOS. The van der Waals surface area contributed by atoms with Crippen LogP contribution in [0.3, 0.4) is 0 Å². The van der Waals surface area contributed by atoms with Gasteiger partial charge in [-0.15, -0.1) is 11.3 Å². The van der Waals surface area contributed by atoms with Gasteiger partial charge in [-0.3, -0.25) is 0 Å². The molecule has 77 heavy (non-hydrogen) atoms. The molecule has 6 aliphatic rings. The molecule has 0 bridgehead atoms. The summed E-state index contributed by atoms with van der Waals surface area (Å²) in [4.78, 5) is 2.60. The molecule has 0 N–H and O–H groups in total. The van der Waals surface area contributed by atoms with Crippen LogP contribution in [-0.2, 0) is 10.8 Å². The van der Waals surface area contributed by atoms with Crippen LogP contribution in [0.1, 0.15) is 132 Å². The van der Waals surface area contributed by atoms with Crippen LogP contribution in [0.15, 0.2) is 212 Å². The van der Waals surface area contributed by atoms with E-state index in [0.29, 0.717) is 11.8 Å². The zero-order valence-corrected chi connectivity index (χ0v) is 44.0. The Morgan fingerprint density at radius 1 is 0.351 bits per heavy atom. The normalized spacial score (nSPS) is 17.0. The second-order valence-electron chi connectivity index (χ2n) is 23.0. The average Bonchev–Trinajstić information content (AvgIpc) is 3.70. The SMILES string of the molecule is c1ccc2c(c1)Oc1ccc(N(c3ccc4c(c3)C3(c5ccccc5-c5ccccc53)c3ccccc3-4)c3cccc4sc5ccccc5c34)cc1C21c2cc(C3CCCCC3)ccc2-c2ccc(C3CCCCC3)cc21. The van der Waals surface area contributed by atoms with Gasteiger partial charge in [-0.25, -0.2) is 0 Å². The summed E-state index contributed by atoms with van der Waals surface area (Å²) in [5.41, 5.74) is 23.9. The maximum atomic E-state index is 7.26. The van der Waals surface area contributed by atoms with Crippen molar-refractivity contribution in [3.05, 3.63) is 268 Å². The van der Waals surface area contributed by atoms with Crippen LogP contribution in [0.4, 0.5) is 17.1 Å². The highest BCUT2D eigenvalue weighted by Gasteiger charge is 2.54. The summed E-state index contributed by atoms with van der Waals surface area (Å²) < 4.78 is 9.84. The second kappa shape index (κ2) is 16.8. The van der Waals surface area contributed by atoms with Crippen LogP contribution in [0.5, 0.6) is 11.5 Å². The predicted molar refractivity (Wildman–Crippen MR) is 319 cm³/mol. The predicted octanol–water partition coefficient (Wildman–Crippen LogP) is 20.4. The first-order valence-electron chi connectivity index (χ1n) is 28.5. The molecule has 0 radical (unpaired) electrons. The fourth-order valence-electron chi connectivity index (χ4n) is 16.1. The van der Waals surface area contributed by atoms with Gasteiger partial charge in [-0.1, -0.05) is 196 Å². The molecule has 2 fully saturated rings. The van der Waals surface area contributed by atoms with Crippen molar-refractivity contribution in [1.29, 1.82) is 0 Å². The second-order valence-corrected chi connectivity index (χ2v) is 24.1. The monoisotopic (exact) mass is 1010 g/mol. The van der Waals surface area contributed by atoms with E-state index in [-0.39, 0.29) is 0 Å². The van der Waals surface area contributed by atoms with E-state index in [1.807, 2.05) is 11.3 Å². The summed E-state index contributed by atoms with van der Waals surface area (Å²) in [6.45, 7) is 0. The summed E-state index contributed by atoms with van der Waals surface area (Å²) in [7, 11) is 0. The van der Waals surface area contributed by atoms with Crippen molar-refractivity contribution in [3.63, 3.8) is 0 Å². The Morgan fingerprint density at radius 2 is 0.805 bits per heavy atom. The molecule has 2 heterocycles. The zero-order valence-electron chi connectivity index (χ0n) is 43.2. The van der Waals surface area contributed by atoms with E-state index in [9.17, 15) is 0 Å². The molecule has 5 aliphatic carbocycles. The minimum atomic E-state index is -0.617. The maximum absolute atomic E-state index is 7.26. The quantitative estimate of drug-likeness (QED) is 0.170. The fourth-order valence-corrected chi connectivity index (χ4v) is 17.2. The van der Waals surface area contributed by atoms with Crippen molar-refractivity contribution >= 4 is 48.6 Å². The average molecular weight is 1010 g/mol. The number of anilines is 3. The lowest BCUT2D eigenvalue weighted by Gasteiger charge is -2.41. The van der Waals surface area contributed by atoms with E-state index < -0.39 is 10.8 Å². The van der Waals surface area contributed by atoms with Crippen molar-refractivity contribution < 1.29 is 4.74 Å². The number of hydrogen-bond acceptors (Lipinski definition) is 3. The van der Waals surface area contributed by atoms with Gasteiger partial charge in [0.2, 0.25) is 0 Å². The number of nitrogens with zero attached hydrogens (tertiary/aromatic N) is 1. The molecule has 1 aliphatic heterocycles. The Kier molecular flexibility index (Phi) is 9.62. The molecule has 2 nitrogen and oxygen atoms in total. The van der Waals surface area contributed by atoms with Gasteiger partial charge in [0.05, 0.1) is 16.5 Å². The van der Waals surface area contributed by atoms with Gasteiger partial charge < -0.3 is 9.64 Å². The molecular weight excluding hydrogens is 951 g/mol. The van der Waals surface area contributed by atoms with Gasteiger partial charge in [0.1, 0.15) is 11.5 Å². The number of fused-ring (bicyclic) bond motifs is 22. The van der Waals surface area contributed by atoms with Crippen LogP contribution in [0.25, 0.3) is 53.6 Å². The number of thiophene rings is 1. The van der Waals surface area contributed by atoms with Gasteiger partial charge in [0.25, 0.3) is 0 Å². The first-order valence-corrected chi connectivity index (χ1v) is 29.3. The highest BCUT2D eigenvalue weighted by Crippen LogP contribution is 2.66. The van der Waals surface area contributed by atoms with Crippen molar-refractivity contribution in [1.82, 2.24) is 0 Å². The van der Waals surface area contributed by atoms with Crippen molar-refractivity contribution in [2.75, 3.05) is 4.90 Å². The van der Waals surface area contributed by atoms with Crippen LogP contribution < -0.4 is 9.64 Å². The summed E-state index contributed by atoms with van der Waals surface area (Å²) >= 11 is 1.89. The lowest BCUT2D eigenvalue weighted by atomic mass is 9.65. The van der Waals surface area contributed by atoms with Crippen LogP contribution >= 0.6 is 11.3 Å². The number of rotatable bonds is 5. The van der Waals surface area contributed by atoms with Crippen LogP contribution in [0, 0.1) is 0 Å². The van der Waals surface area contributed by atoms with Crippen LogP contribution in [-0.4, -0.2) is 0 Å². The Morgan fingerprint density at radius 3 is 1.43 bits per heavy atom. The Hall–Kier alpha value is -7.98. The topological polar surface area (TPSA) is 12.5 Å². The molecule has 2 saturated carbocycles. The van der Waals surface area contributed by atoms with Gasteiger partial charge in [-0.2, -0.15) is 0 Å². The molecule has 1 aromatic heterocycles. The van der Waals surface area contributed by atoms with E-state index in [1.165, 1.54) is 179 Å². The Labute approximate surface area is 455 Å². The zero-order chi connectivity index (χ0) is 50.4. The number of benzene rings is 10. The summed E-state index contributed by atoms with van der Waals surface area (Å²) in [6, 6.07) is 82.4. The third-order valence-electron chi connectivity index (χ3n) is 19.3. The molecule has 0 saturated heterocycles. The van der Waals surface area contributed by atoms with E-state index in [1.54, 1.807) is 0 Å². The minimum Gasteiger partial charge on any atom is -0.457 e. The van der Waals surface area contributed by atoms with E-state index in [4.69, 9.17) is 4.74 Å². The van der Waals surface area contributed by atoms with E-state index in [0.717, 1.165) is 22.9 Å². The van der Waals surface area contributed by atoms with Gasteiger partial charge in [0, 0.05) is 42.7 Å². The van der Waals surface area contributed by atoms with Crippen LogP contribution in [0.2, 0.25) is 0 Å². The molecule has 370 valence electrons. The molecule has 0 unspecified atom stereocenters. The largest absolute Gasteiger partial charge is 0.457 e. The Balaban J connectivity index is 0.954. The first-order chi connectivity index (χ1) is 38.2. The lowest BCUT2D eigenvalue weighted by molar-refractivity contribution is 0.433. The summed E-state index contributed by atoms with van der Waals surface area (Å²) in [5.74, 6) is 3.01. The summed E-state index contributed by atoms with van der Waals surface area (Å²) in [6.07, 6.45) is 12.9. The van der Waals surface area contributed by atoms with E-state index >= 15 is 0 Å². The van der Waals surface area contributed by atoms with Crippen molar-refractivity contribution in [2.45, 2.75) is 86.9 Å². The lowest BCUT2D eigenvalue weighted by Crippen LogP contribution is -2.33. The molecule has 2 spiro atoms. The van der Waals surface area contributed by atoms with Gasteiger partial charge >= 0.3 is 0 Å². The molecule has 10 aromatic carbocycles. The molecule has 17 rings (SSSR count). The summed E-state index contributed by atoms with van der Waals surface area (Å²) in [5, 5.41) is 2.57. The number of ether oxygens (including phenoxy) is 1. The fraction of sp³-hybridized carbons (Fsp3) is 0.189. The maximum Gasteiger partial charge on any atom is 0.132 e. The highest BCUT2D eigenvalue weighted by atomic mass is 32.1. The molecule has 0 amide bonds. The standard InChI is InChI=1S/C74H57NOS/c1-3-18-46(19-4-1)48-34-38-55-56-39-35-49(47-20-5-2-6-21-47)43-64(56)74(63(55)42-48)62-29-14-15-31-68(62)76-69-41-37-51(45-66(69)74)75(67-30-17-33-71-72(67)58-25-10-16-32-70(58)77-71)50-36-40-57-54-24-9-13-28-61(54)73(65(57)44-50)59-26-11-7-22-52(59)53-23-8-12-27-60(53)73/h7-17,22-47H,1-6,18-21H2. The third kappa shape index (κ3) is 6.07. The van der Waals surface area contributed by atoms with Crippen molar-refractivity contribution in [2.24, 2.45) is 0 Å². The van der Waals surface area contributed by atoms with Gasteiger partial charge in [0.15, 0.2) is 0 Å². The Bertz CT molecular complexity index is 4130. The highest BCUT2D eigenvalue weighted by molar-refractivity contribution is 7.26. The van der Waals surface area contributed by atoms with Gasteiger partial charge in [-0.05, 0) is 170 Å². The number of para-hydroxylation sites is 1. The smallest absolute Gasteiger partial charge is 0.132 e. The molecule has 0 atom stereocenters. The third-order valence-corrected chi connectivity index (χ3v) is 20.5. The van der Waals surface area contributed by atoms with E-state index in [2.05, 4.69) is 217 Å². The molecule has 3 heteroatoms. The number of hydrogen-bond donors (Lipinski definition) is 0. The minimum absolute atomic E-state index is 0.483. The van der Waals surface area contributed by atoms with Crippen molar-refractivity contribution in [3.8, 4) is 44.9 Å². The molecule has 11 aromatic rings.